The highest BCUT2D eigenvalue weighted by atomic mass is 16.5. The van der Waals surface area contributed by atoms with Gasteiger partial charge in [-0.2, -0.15) is 0 Å². The molecule has 3 aliphatic heterocycles. The molecule has 1 saturated heterocycles. The first-order chi connectivity index (χ1) is 15.1. The molecule has 0 N–H and O–H groups in total. The first kappa shape index (κ1) is 19.4. The van der Waals surface area contributed by atoms with Crippen LogP contribution >= 0.6 is 0 Å². The van der Waals surface area contributed by atoms with Crippen LogP contribution in [-0.2, 0) is 4.79 Å². The van der Waals surface area contributed by atoms with E-state index in [1.54, 1.807) is 46.2 Å². The maximum Gasteiger partial charge on any atom is 0.264 e. The summed E-state index contributed by atoms with van der Waals surface area (Å²) in [4.78, 5) is 44.9. The zero-order valence-electron chi connectivity index (χ0n) is 17.5. The molecule has 0 spiro atoms. The largest absolute Gasteiger partial charge is 0.493 e. The van der Waals surface area contributed by atoms with Crippen molar-refractivity contribution in [1.82, 2.24) is 9.80 Å². The smallest absolute Gasteiger partial charge is 0.264 e. The van der Waals surface area contributed by atoms with E-state index in [2.05, 4.69) is 0 Å². The third-order valence-corrected chi connectivity index (χ3v) is 6.25. The molecule has 3 amide bonds. The molecule has 8 heteroatoms. The Balaban J connectivity index is 1.65. The number of ether oxygens (including phenoxy) is 2. The third kappa shape index (κ3) is 2.78. The summed E-state index contributed by atoms with van der Waals surface area (Å²) in [6.45, 7) is 1.31. The van der Waals surface area contributed by atoms with Gasteiger partial charge in [0.1, 0.15) is 12.7 Å². The summed E-state index contributed by atoms with van der Waals surface area (Å²) in [5, 5.41) is 0. The summed E-state index contributed by atoms with van der Waals surface area (Å²) in [6.07, 6.45) is 1.23. The normalized spacial score (nSPS) is 19.3. The molecule has 0 bridgehead atoms. The molecule has 8 nitrogen and oxygen atoms in total. The van der Waals surface area contributed by atoms with E-state index in [1.165, 1.54) is 19.1 Å². The Hall–Kier alpha value is -3.55. The van der Waals surface area contributed by atoms with Crippen LogP contribution in [0.1, 0.15) is 45.3 Å². The summed E-state index contributed by atoms with van der Waals surface area (Å²) in [7, 11) is 2.99. The van der Waals surface area contributed by atoms with Gasteiger partial charge < -0.3 is 19.3 Å². The van der Waals surface area contributed by atoms with Crippen molar-refractivity contribution in [3.05, 3.63) is 53.1 Å². The van der Waals surface area contributed by atoms with E-state index in [-0.39, 0.29) is 24.3 Å². The van der Waals surface area contributed by atoms with Crippen LogP contribution in [-0.4, -0.2) is 61.4 Å². The first-order valence-corrected chi connectivity index (χ1v) is 10.3. The molecule has 1 unspecified atom stereocenters. The van der Waals surface area contributed by atoms with Gasteiger partial charge in [-0.25, -0.2) is 0 Å². The van der Waals surface area contributed by atoms with Gasteiger partial charge in [0.25, 0.3) is 11.8 Å². The van der Waals surface area contributed by atoms with E-state index in [9.17, 15) is 14.4 Å². The number of benzene rings is 2. The fraction of sp³-hybridized carbons (Fsp3) is 0.348. The van der Waals surface area contributed by atoms with Gasteiger partial charge in [-0.05, 0) is 31.0 Å². The summed E-state index contributed by atoms with van der Waals surface area (Å²) in [6, 6.07) is 10.5. The number of methoxy groups -OCH3 is 2. The Morgan fingerprint density at radius 3 is 2.45 bits per heavy atom. The molecule has 160 valence electrons. The van der Waals surface area contributed by atoms with Gasteiger partial charge in [0.05, 0.1) is 31.0 Å². The SMILES string of the molecule is COc1ccc2c(c1OC)C(=O)N1c3ccccc3C(=O)N(CC(=O)N3CCCC3)C21. The molecule has 5 rings (SSSR count). The number of carbonyl (C=O) groups is 3. The van der Waals surface area contributed by atoms with Crippen molar-refractivity contribution in [2.75, 3.05) is 38.8 Å². The molecule has 1 fully saturated rings. The van der Waals surface area contributed by atoms with E-state index in [4.69, 9.17) is 9.47 Å². The number of para-hydroxylation sites is 1. The van der Waals surface area contributed by atoms with Crippen molar-refractivity contribution in [2.45, 2.75) is 19.0 Å². The second-order valence-electron chi connectivity index (χ2n) is 7.85. The Bertz CT molecular complexity index is 1090. The van der Waals surface area contributed by atoms with E-state index in [1.807, 2.05) is 0 Å². The maximum absolute atomic E-state index is 13.6. The summed E-state index contributed by atoms with van der Waals surface area (Å²) in [5.41, 5.74) is 1.92. The third-order valence-electron chi connectivity index (χ3n) is 6.25. The molecule has 1 atom stereocenters. The van der Waals surface area contributed by atoms with Crippen LogP contribution in [0.5, 0.6) is 11.5 Å². The lowest BCUT2D eigenvalue weighted by Crippen LogP contribution is -2.51. The van der Waals surface area contributed by atoms with Gasteiger partial charge in [0.2, 0.25) is 5.91 Å². The van der Waals surface area contributed by atoms with Crippen molar-refractivity contribution in [2.24, 2.45) is 0 Å². The van der Waals surface area contributed by atoms with E-state index < -0.39 is 6.17 Å². The molecule has 0 aromatic heterocycles. The molecule has 0 saturated carbocycles. The van der Waals surface area contributed by atoms with Crippen molar-refractivity contribution < 1.29 is 23.9 Å². The van der Waals surface area contributed by atoms with Gasteiger partial charge in [0.15, 0.2) is 11.5 Å². The standard InChI is InChI=1S/C23H23N3O5/c1-30-17-10-9-15-19(20(17)31-2)23(29)26-16-8-4-3-7-14(16)22(28)25(21(15)26)13-18(27)24-11-5-6-12-24/h3-4,7-10,21H,5-6,11-13H2,1-2H3. The minimum Gasteiger partial charge on any atom is -0.493 e. The highest BCUT2D eigenvalue weighted by molar-refractivity contribution is 6.18. The number of carbonyl (C=O) groups excluding carboxylic acids is 3. The predicted molar refractivity (Wildman–Crippen MR) is 112 cm³/mol. The Labute approximate surface area is 179 Å². The van der Waals surface area contributed by atoms with Gasteiger partial charge >= 0.3 is 0 Å². The number of rotatable bonds is 4. The second-order valence-corrected chi connectivity index (χ2v) is 7.85. The topological polar surface area (TPSA) is 79.4 Å². The molecule has 3 aliphatic rings. The second kappa shape index (κ2) is 7.30. The number of anilines is 1. The lowest BCUT2D eigenvalue weighted by molar-refractivity contribution is -0.131. The van der Waals surface area contributed by atoms with Crippen LogP contribution in [0.3, 0.4) is 0 Å². The zero-order valence-corrected chi connectivity index (χ0v) is 17.5. The Morgan fingerprint density at radius 1 is 1.00 bits per heavy atom. The highest BCUT2D eigenvalue weighted by Crippen LogP contribution is 2.49. The number of hydrogen-bond donors (Lipinski definition) is 0. The highest BCUT2D eigenvalue weighted by Gasteiger charge is 2.50. The van der Waals surface area contributed by atoms with Gasteiger partial charge in [-0.15, -0.1) is 0 Å². The average molecular weight is 421 g/mol. The van der Waals surface area contributed by atoms with E-state index in [0.29, 0.717) is 47.0 Å². The molecular weight excluding hydrogens is 398 g/mol. The van der Waals surface area contributed by atoms with Crippen LogP contribution in [0.2, 0.25) is 0 Å². The predicted octanol–water partition coefficient (Wildman–Crippen LogP) is 2.44. The lowest BCUT2D eigenvalue weighted by Gasteiger charge is -2.40. The van der Waals surface area contributed by atoms with Crippen LogP contribution in [0.4, 0.5) is 5.69 Å². The van der Waals surface area contributed by atoms with Crippen LogP contribution in [0.25, 0.3) is 0 Å². The van der Waals surface area contributed by atoms with E-state index >= 15 is 0 Å². The number of fused-ring (bicyclic) bond motifs is 5. The first-order valence-electron chi connectivity index (χ1n) is 10.3. The summed E-state index contributed by atoms with van der Waals surface area (Å²) < 4.78 is 10.9. The van der Waals surface area contributed by atoms with Gasteiger partial charge in [-0.3, -0.25) is 19.3 Å². The zero-order chi connectivity index (χ0) is 21.7. The number of likely N-dealkylation sites (tertiary alicyclic amines) is 1. The number of amides is 3. The molecule has 0 aliphatic carbocycles. The minimum absolute atomic E-state index is 0.0879. The van der Waals surface area contributed by atoms with Gasteiger partial charge in [-0.1, -0.05) is 18.2 Å². The number of hydrogen-bond acceptors (Lipinski definition) is 5. The molecular formula is C23H23N3O5. The lowest BCUT2D eigenvalue weighted by atomic mass is 10.0. The summed E-state index contributed by atoms with van der Waals surface area (Å²) in [5.74, 6) is 0.115. The molecule has 3 heterocycles. The minimum atomic E-state index is -0.712. The Morgan fingerprint density at radius 2 is 1.74 bits per heavy atom. The van der Waals surface area contributed by atoms with Crippen molar-refractivity contribution >= 4 is 23.4 Å². The summed E-state index contributed by atoms with van der Waals surface area (Å²) >= 11 is 0. The van der Waals surface area contributed by atoms with Crippen molar-refractivity contribution in [3.63, 3.8) is 0 Å². The fourth-order valence-electron chi connectivity index (χ4n) is 4.80. The molecule has 2 aromatic rings. The van der Waals surface area contributed by atoms with E-state index in [0.717, 1.165) is 12.8 Å². The van der Waals surface area contributed by atoms with Crippen LogP contribution < -0.4 is 14.4 Å². The number of nitrogens with zero attached hydrogens (tertiary/aromatic N) is 3. The van der Waals surface area contributed by atoms with Crippen LogP contribution in [0.15, 0.2) is 36.4 Å². The maximum atomic E-state index is 13.6. The molecule has 2 aromatic carbocycles. The fourth-order valence-corrected chi connectivity index (χ4v) is 4.80. The average Bonchev–Trinajstić information content (AvgIpc) is 3.43. The Kier molecular flexibility index (Phi) is 4.57. The van der Waals surface area contributed by atoms with Crippen LogP contribution in [0, 0.1) is 0 Å². The van der Waals surface area contributed by atoms with Crippen molar-refractivity contribution in [1.29, 1.82) is 0 Å². The monoisotopic (exact) mass is 421 g/mol. The quantitative estimate of drug-likeness (QED) is 0.758. The van der Waals surface area contributed by atoms with Crippen molar-refractivity contribution in [3.8, 4) is 11.5 Å². The molecule has 31 heavy (non-hydrogen) atoms. The molecule has 0 radical (unpaired) electrons. The van der Waals surface area contributed by atoms with Gasteiger partial charge in [0, 0.05) is 18.7 Å².